The van der Waals surface area contributed by atoms with Gasteiger partial charge in [-0.3, -0.25) is 14.6 Å². The zero-order valence-electron chi connectivity index (χ0n) is 13.3. The van der Waals surface area contributed by atoms with Gasteiger partial charge in [-0.25, -0.2) is 13.6 Å². The first-order chi connectivity index (χ1) is 11.9. The quantitative estimate of drug-likeness (QED) is 0.649. The topological polar surface area (TPSA) is 107 Å². The Morgan fingerprint density at radius 2 is 1.52 bits per heavy atom. The zero-order valence-corrected chi connectivity index (χ0v) is 14.1. The Kier molecular flexibility index (Phi) is 4.61. The number of Topliss-reactive ketones (excluding diaryl/α,β-unsaturated/α-hetero) is 2. The molecule has 0 saturated carbocycles. The molecule has 0 heterocycles. The van der Waals surface area contributed by atoms with Gasteiger partial charge in [0.25, 0.3) is 0 Å². The standard InChI is InChI=1S/C18H16N2O4S/c19-25(23,24)13-7-5-12(6-8-13)9-10-20-11-16-17(21)14-3-1-2-4-15(14)18(16)22/h1-8,11,16H,9-10H2,(H2,19,23,24). The van der Waals surface area contributed by atoms with E-state index in [9.17, 15) is 18.0 Å². The minimum atomic E-state index is -3.70. The van der Waals surface area contributed by atoms with E-state index in [1.54, 1.807) is 36.4 Å². The smallest absolute Gasteiger partial charge is 0.238 e. The lowest BCUT2D eigenvalue weighted by molar-refractivity contribution is 0.0886. The predicted molar refractivity (Wildman–Crippen MR) is 93.5 cm³/mol. The van der Waals surface area contributed by atoms with Gasteiger partial charge < -0.3 is 0 Å². The number of carbonyl (C=O) groups is 2. The van der Waals surface area contributed by atoms with E-state index in [-0.39, 0.29) is 16.5 Å². The third-order valence-corrected chi connectivity index (χ3v) is 4.99. The predicted octanol–water partition coefficient (Wildman–Crippen LogP) is 1.64. The van der Waals surface area contributed by atoms with Gasteiger partial charge in [-0.1, -0.05) is 36.4 Å². The molecule has 1 aliphatic carbocycles. The lowest BCUT2D eigenvalue weighted by atomic mass is 10.1. The SMILES string of the molecule is NS(=O)(=O)c1ccc(CCN=CC2C(=O)c3ccccc3C2=O)cc1. The average molecular weight is 356 g/mol. The summed E-state index contributed by atoms with van der Waals surface area (Å²) >= 11 is 0. The molecule has 0 unspecified atom stereocenters. The van der Waals surface area contributed by atoms with Crippen LogP contribution in [0.5, 0.6) is 0 Å². The second kappa shape index (κ2) is 6.70. The molecule has 0 saturated heterocycles. The number of fused-ring (bicyclic) bond motifs is 1. The van der Waals surface area contributed by atoms with Crippen LogP contribution in [0.3, 0.4) is 0 Å². The van der Waals surface area contributed by atoms with Crippen LogP contribution in [0, 0.1) is 5.92 Å². The molecular formula is C18H16N2O4S. The lowest BCUT2D eigenvalue weighted by Gasteiger charge is -2.02. The van der Waals surface area contributed by atoms with Gasteiger partial charge >= 0.3 is 0 Å². The number of hydrogen-bond donors (Lipinski definition) is 1. The van der Waals surface area contributed by atoms with Crippen molar-refractivity contribution in [3.05, 3.63) is 65.2 Å². The zero-order chi connectivity index (χ0) is 18.0. The number of primary sulfonamides is 1. The van der Waals surface area contributed by atoms with Crippen LogP contribution in [-0.4, -0.2) is 32.7 Å². The van der Waals surface area contributed by atoms with Crippen LogP contribution in [0.25, 0.3) is 0 Å². The first-order valence-electron chi connectivity index (χ1n) is 7.67. The Labute approximate surface area is 145 Å². The molecular weight excluding hydrogens is 340 g/mol. The van der Waals surface area contributed by atoms with E-state index in [1.165, 1.54) is 18.3 Å². The molecule has 0 aliphatic heterocycles. The van der Waals surface area contributed by atoms with Gasteiger partial charge in [0.1, 0.15) is 5.92 Å². The van der Waals surface area contributed by atoms with Crippen LogP contribution < -0.4 is 5.14 Å². The summed E-state index contributed by atoms with van der Waals surface area (Å²) in [7, 11) is -3.70. The van der Waals surface area contributed by atoms with Crippen LogP contribution in [0.2, 0.25) is 0 Å². The maximum atomic E-state index is 12.2. The number of rotatable bonds is 5. The van der Waals surface area contributed by atoms with E-state index < -0.39 is 15.9 Å². The lowest BCUT2D eigenvalue weighted by Crippen LogP contribution is -2.16. The molecule has 7 heteroatoms. The molecule has 0 fully saturated rings. The van der Waals surface area contributed by atoms with Gasteiger partial charge in [-0.2, -0.15) is 0 Å². The maximum Gasteiger partial charge on any atom is 0.238 e. The number of sulfonamides is 1. The fourth-order valence-electron chi connectivity index (χ4n) is 2.72. The number of nitrogens with zero attached hydrogens (tertiary/aromatic N) is 1. The Hall–Kier alpha value is -2.64. The molecule has 128 valence electrons. The normalized spacial score (nSPS) is 15.1. The van der Waals surface area contributed by atoms with Crippen molar-refractivity contribution in [2.45, 2.75) is 11.3 Å². The minimum Gasteiger partial charge on any atom is -0.296 e. The third kappa shape index (κ3) is 3.57. The van der Waals surface area contributed by atoms with Crippen molar-refractivity contribution < 1.29 is 18.0 Å². The van der Waals surface area contributed by atoms with Crippen LogP contribution in [0.15, 0.2) is 58.4 Å². The van der Waals surface area contributed by atoms with E-state index in [0.29, 0.717) is 24.1 Å². The first-order valence-corrected chi connectivity index (χ1v) is 9.22. The van der Waals surface area contributed by atoms with E-state index in [4.69, 9.17) is 5.14 Å². The molecule has 1 aliphatic rings. The fraction of sp³-hybridized carbons (Fsp3) is 0.167. The highest BCUT2D eigenvalue weighted by atomic mass is 32.2. The molecule has 2 aromatic carbocycles. The molecule has 0 bridgehead atoms. The monoisotopic (exact) mass is 356 g/mol. The van der Waals surface area contributed by atoms with Crippen LogP contribution in [-0.2, 0) is 16.4 Å². The number of carbonyl (C=O) groups excluding carboxylic acids is 2. The second-order valence-corrected chi connectivity index (χ2v) is 7.31. The molecule has 2 N–H and O–H groups in total. The Morgan fingerprint density at radius 1 is 0.960 bits per heavy atom. The summed E-state index contributed by atoms with van der Waals surface area (Å²) in [6, 6.07) is 13.0. The van der Waals surface area contributed by atoms with Crippen molar-refractivity contribution in [3.8, 4) is 0 Å². The molecule has 0 amide bonds. The number of aliphatic imine (C=N–C) groups is 1. The Balaban J connectivity index is 1.61. The number of hydrogen-bond acceptors (Lipinski definition) is 5. The van der Waals surface area contributed by atoms with Crippen molar-refractivity contribution >= 4 is 27.8 Å². The van der Waals surface area contributed by atoms with Crippen molar-refractivity contribution in [2.75, 3.05) is 6.54 Å². The Bertz CT molecular complexity index is 928. The van der Waals surface area contributed by atoms with Gasteiger partial charge in [-0.15, -0.1) is 0 Å². The summed E-state index contributed by atoms with van der Waals surface area (Å²) in [5.41, 5.74) is 1.78. The maximum absolute atomic E-state index is 12.2. The molecule has 0 radical (unpaired) electrons. The molecule has 2 aromatic rings. The van der Waals surface area contributed by atoms with Gasteiger partial charge in [0, 0.05) is 23.9 Å². The summed E-state index contributed by atoms with van der Waals surface area (Å²) in [5, 5.41) is 5.05. The summed E-state index contributed by atoms with van der Waals surface area (Å²) in [5.74, 6) is -1.29. The van der Waals surface area contributed by atoms with Crippen molar-refractivity contribution in [1.29, 1.82) is 0 Å². The highest BCUT2D eigenvalue weighted by Crippen LogP contribution is 2.25. The molecule has 6 nitrogen and oxygen atoms in total. The van der Waals surface area contributed by atoms with E-state index in [0.717, 1.165) is 5.56 Å². The summed E-state index contributed by atoms with van der Waals surface area (Å²) < 4.78 is 22.4. The first kappa shape index (κ1) is 17.2. The number of ketones is 2. The van der Waals surface area contributed by atoms with Gasteiger partial charge in [0.15, 0.2) is 11.6 Å². The van der Waals surface area contributed by atoms with Crippen LogP contribution >= 0.6 is 0 Å². The highest BCUT2D eigenvalue weighted by Gasteiger charge is 2.36. The fourth-order valence-corrected chi connectivity index (χ4v) is 3.24. The second-order valence-electron chi connectivity index (χ2n) is 5.75. The van der Waals surface area contributed by atoms with Crippen molar-refractivity contribution in [3.63, 3.8) is 0 Å². The van der Waals surface area contributed by atoms with Gasteiger partial charge in [0.05, 0.1) is 4.90 Å². The van der Waals surface area contributed by atoms with Crippen molar-refractivity contribution in [2.24, 2.45) is 16.0 Å². The number of nitrogens with two attached hydrogens (primary N) is 1. The van der Waals surface area contributed by atoms with E-state index >= 15 is 0 Å². The largest absolute Gasteiger partial charge is 0.296 e. The third-order valence-electron chi connectivity index (χ3n) is 4.06. The summed E-state index contributed by atoms with van der Waals surface area (Å²) in [4.78, 5) is 28.7. The van der Waals surface area contributed by atoms with Gasteiger partial charge in [-0.05, 0) is 24.1 Å². The average Bonchev–Trinajstić information content (AvgIpc) is 2.83. The van der Waals surface area contributed by atoms with Crippen molar-refractivity contribution in [1.82, 2.24) is 0 Å². The molecule has 25 heavy (non-hydrogen) atoms. The minimum absolute atomic E-state index is 0.0552. The van der Waals surface area contributed by atoms with Crippen LogP contribution in [0.4, 0.5) is 0 Å². The molecule has 0 atom stereocenters. The van der Waals surface area contributed by atoms with Crippen LogP contribution in [0.1, 0.15) is 26.3 Å². The number of benzene rings is 2. The molecule has 3 rings (SSSR count). The molecule has 0 aromatic heterocycles. The van der Waals surface area contributed by atoms with Gasteiger partial charge in [0.2, 0.25) is 10.0 Å². The summed E-state index contributed by atoms with van der Waals surface area (Å²) in [6.07, 6.45) is 1.97. The summed E-state index contributed by atoms with van der Waals surface area (Å²) in [6.45, 7) is 0.391. The Morgan fingerprint density at radius 3 is 2.04 bits per heavy atom. The highest BCUT2D eigenvalue weighted by molar-refractivity contribution is 7.89. The van der Waals surface area contributed by atoms with E-state index in [1.807, 2.05) is 0 Å². The van der Waals surface area contributed by atoms with E-state index in [2.05, 4.69) is 4.99 Å². The molecule has 0 spiro atoms.